The molecule has 0 N–H and O–H groups in total. The fraction of sp³-hybridized carbons (Fsp3) is 0.333. The molecular weight excluding hydrogens is 424 g/mol. The maximum atomic E-state index is 4.47. The van der Waals surface area contributed by atoms with Gasteiger partial charge in [0.15, 0.2) is 0 Å². The van der Waals surface area contributed by atoms with Gasteiger partial charge in [-0.3, -0.25) is 0 Å². The van der Waals surface area contributed by atoms with Gasteiger partial charge in [0.25, 0.3) is 0 Å². The number of benzene rings is 3. The van der Waals surface area contributed by atoms with Crippen LogP contribution in [0.5, 0.6) is 0 Å². The van der Waals surface area contributed by atoms with Crippen LogP contribution < -0.4 is 4.90 Å². The number of para-hydroxylation sites is 3. The molecule has 4 aromatic rings. The summed E-state index contributed by atoms with van der Waals surface area (Å²) in [6.07, 6.45) is 7.91. The van der Waals surface area contributed by atoms with Gasteiger partial charge in [-0.25, -0.2) is 0 Å². The first-order chi connectivity index (χ1) is 17.0. The minimum atomic E-state index is 0.401. The zero-order chi connectivity index (χ0) is 24.5. The Labute approximate surface area is 210 Å². The minimum absolute atomic E-state index is 0.401. The average molecular weight is 463 g/mol. The van der Waals surface area contributed by atoms with Gasteiger partial charge in [-0.1, -0.05) is 88.0 Å². The highest BCUT2D eigenvalue weighted by atomic mass is 15.2. The van der Waals surface area contributed by atoms with Crippen LogP contribution in [0.25, 0.3) is 21.8 Å². The molecule has 0 saturated heterocycles. The van der Waals surface area contributed by atoms with E-state index in [-0.39, 0.29) is 0 Å². The number of nitrogens with zero attached hydrogens (tertiary/aromatic N) is 2. The summed E-state index contributed by atoms with van der Waals surface area (Å²) in [7, 11) is 0. The van der Waals surface area contributed by atoms with Gasteiger partial charge in [0.05, 0.1) is 0 Å². The van der Waals surface area contributed by atoms with Crippen LogP contribution >= 0.6 is 0 Å². The molecule has 2 heteroatoms. The van der Waals surface area contributed by atoms with Crippen molar-refractivity contribution in [1.29, 1.82) is 0 Å². The van der Waals surface area contributed by atoms with E-state index in [1.165, 1.54) is 33.1 Å². The zero-order valence-corrected chi connectivity index (χ0v) is 21.6. The van der Waals surface area contributed by atoms with Gasteiger partial charge in [0.1, 0.15) is 0 Å². The summed E-state index contributed by atoms with van der Waals surface area (Å²) in [5, 5.41) is 2.71. The maximum absolute atomic E-state index is 4.47. The fourth-order valence-corrected chi connectivity index (χ4v) is 6.25. The molecule has 0 bridgehead atoms. The quantitative estimate of drug-likeness (QED) is 0.266. The highest BCUT2D eigenvalue weighted by Crippen LogP contribution is 2.39. The van der Waals surface area contributed by atoms with E-state index in [0.717, 1.165) is 25.0 Å². The molecule has 3 aromatic carbocycles. The van der Waals surface area contributed by atoms with Crippen molar-refractivity contribution in [3.8, 4) is 0 Å². The Morgan fingerprint density at radius 2 is 1.43 bits per heavy atom. The van der Waals surface area contributed by atoms with Crippen molar-refractivity contribution < 1.29 is 0 Å². The van der Waals surface area contributed by atoms with Crippen molar-refractivity contribution in [1.82, 2.24) is 4.57 Å². The third kappa shape index (κ3) is 4.31. The molecular formula is C33H38N2. The predicted molar refractivity (Wildman–Crippen MR) is 152 cm³/mol. The summed E-state index contributed by atoms with van der Waals surface area (Å²) in [6, 6.07) is 27.4. The molecule has 35 heavy (non-hydrogen) atoms. The Morgan fingerprint density at radius 1 is 0.829 bits per heavy atom. The molecule has 1 aliphatic rings. The number of hydrogen-bond donors (Lipinski definition) is 0. The largest absolute Gasteiger partial charge is 0.339 e. The van der Waals surface area contributed by atoms with E-state index < -0.39 is 0 Å². The Bertz CT molecular complexity index is 1320. The van der Waals surface area contributed by atoms with Crippen molar-refractivity contribution in [2.75, 3.05) is 4.90 Å². The molecule has 2 heterocycles. The summed E-state index contributed by atoms with van der Waals surface area (Å²) in [6.45, 7) is 13.9. The van der Waals surface area contributed by atoms with Crippen molar-refractivity contribution in [2.24, 2.45) is 5.92 Å². The molecule has 2 nitrogen and oxygen atoms in total. The highest BCUT2D eigenvalue weighted by Gasteiger charge is 2.27. The van der Waals surface area contributed by atoms with E-state index in [9.17, 15) is 0 Å². The van der Waals surface area contributed by atoms with Crippen molar-refractivity contribution in [3.05, 3.63) is 103 Å². The van der Waals surface area contributed by atoms with Gasteiger partial charge >= 0.3 is 0 Å². The molecule has 0 saturated carbocycles. The molecule has 0 fully saturated rings. The third-order valence-corrected chi connectivity index (χ3v) is 7.89. The lowest BCUT2D eigenvalue weighted by molar-refractivity contribution is 0.367. The number of hydrogen-bond acceptors (Lipinski definition) is 1. The Morgan fingerprint density at radius 3 is 2.09 bits per heavy atom. The fourth-order valence-electron chi connectivity index (χ4n) is 6.25. The molecule has 1 aliphatic heterocycles. The summed E-state index contributed by atoms with van der Waals surface area (Å²) in [5.41, 5.74) is 6.51. The highest BCUT2D eigenvalue weighted by molar-refractivity contribution is 6.08. The number of allylic oxidation sites excluding steroid dienone is 2. The van der Waals surface area contributed by atoms with E-state index in [2.05, 4.69) is 129 Å². The summed E-state index contributed by atoms with van der Waals surface area (Å²) in [4.78, 5) is 2.51. The van der Waals surface area contributed by atoms with E-state index in [0.29, 0.717) is 23.9 Å². The van der Waals surface area contributed by atoms with Crippen molar-refractivity contribution >= 4 is 27.5 Å². The smallest absolute Gasteiger partial charge is 0.0493 e. The first-order valence-electron chi connectivity index (χ1n) is 13.2. The van der Waals surface area contributed by atoms with E-state index in [1.54, 1.807) is 0 Å². The first kappa shape index (κ1) is 23.5. The number of anilines is 1. The summed E-state index contributed by atoms with van der Waals surface area (Å²) >= 11 is 0. The second kappa shape index (κ2) is 9.77. The molecule has 0 radical (unpaired) electrons. The predicted octanol–water partition coefficient (Wildman–Crippen LogP) is 9.24. The lowest BCUT2D eigenvalue weighted by Crippen LogP contribution is -2.35. The van der Waals surface area contributed by atoms with Crippen LogP contribution in [0.1, 0.15) is 64.5 Å². The molecule has 0 spiro atoms. The maximum Gasteiger partial charge on any atom is 0.0493 e. The number of aromatic nitrogens is 1. The monoisotopic (exact) mass is 462 g/mol. The summed E-state index contributed by atoms with van der Waals surface area (Å²) in [5.74, 6) is 0.984. The van der Waals surface area contributed by atoms with Gasteiger partial charge in [-0.2, -0.15) is 0 Å². The second-order valence-corrected chi connectivity index (χ2v) is 10.5. The molecule has 180 valence electrons. The topological polar surface area (TPSA) is 8.17 Å². The molecule has 1 aromatic heterocycles. The van der Waals surface area contributed by atoms with Gasteiger partial charge in [-0.15, -0.1) is 0 Å². The van der Waals surface area contributed by atoms with E-state index in [1.807, 2.05) is 0 Å². The lowest BCUT2D eigenvalue weighted by atomic mass is 9.91. The second-order valence-electron chi connectivity index (χ2n) is 10.5. The zero-order valence-electron chi connectivity index (χ0n) is 21.6. The normalized spacial score (nSPS) is 18.5. The van der Waals surface area contributed by atoms with Crippen molar-refractivity contribution in [2.45, 2.75) is 65.0 Å². The molecule has 0 amide bonds. The van der Waals surface area contributed by atoms with Crippen LogP contribution in [0, 0.1) is 5.92 Å². The SMILES string of the molecule is C=C1C=CC(C)c2ccccc2N1C(CC)CC(C)CC(C)n1c2ccccc2c2ccccc21. The average Bonchev–Trinajstić information content (AvgIpc) is 3.15. The van der Waals surface area contributed by atoms with Gasteiger partial charge < -0.3 is 9.47 Å². The van der Waals surface area contributed by atoms with Gasteiger partial charge in [0, 0.05) is 51.2 Å². The Hall–Kier alpha value is -3.26. The minimum Gasteiger partial charge on any atom is -0.339 e. The number of fused-ring (bicyclic) bond motifs is 4. The molecule has 4 atom stereocenters. The van der Waals surface area contributed by atoms with Crippen LogP contribution in [0.15, 0.2) is 97.2 Å². The van der Waals surface area contributed by atoms with E-state index in [4.69, 9.17) is 0 Å². The molecule has 4 unspecified atom stereocenters. The van der Waals surface area contributed by atoms with E-state index >= 15 is 0 Å². The van der Waals surface area contributed by atoms with Crippen LogP contribution in [0.3, 0.4) is 0 Å². The first-order valence-corrected chi connectivity index (χ1v) is 13.2. The molecule has 0 aliphatic carbocycles. The molecule has 5 rings (SSSR count). The van der Waals surface area contributed by atoms with Crippen molar-refractivity contribution in [3.63, 3.8) is 0 Å². The van der Waals surface area contributed by atoms with Crippen LogP contribution in [-0.2, 0) is 0 Å². The van der Waals surface area contributed by atoms with Crippen LogP contribution in [0.2, 0.25) is 0 Å². The number of rotatable bonds is 7. The summed E-state index contributed by atoms with van der Waals surface area (Å²) < 4.78 is 2.56. The Balaban J connectivity index is 1.41. The standard InChI is InChI=1S/C33H38N2/c1-6-27(34-25(4)20-19-24(3)28-13-7-10-16-31(28)34)22-23(2)21-26(5)35-32-17-11-8-14-29(32)30-15-9-12-18-33(30)35/h7-20,23-24,26-27H,4,6,21-22H2,1-3,5H3. The van der Waals surface area contributed by atoms with Crippen LogP contribution in [0.4, 0.5) is 5.69 Å². The van der Waals surface area contributed by atoms with Gasteiger partial charge in [-0.05, 0) is 61.9 Å². The van der Waals surface area contributed by atoms with Gasteiger partial charge in [0.2, 0.25) is 0 Å². The van der Waals surface area contributed by atoms with Crippen LogP contribution in [-0.4, -0.2) is 10.6 Å². The Kier molecular flexibility index (Phi) is 6.56. The third-order valence-electron chi connectivity index (χ3n) is 7.89. The lowest BCUT2D eigenvalue weighted by Gasteiger charge is -2.36.